The molecule has 0 aliphatic rings. The second-order valence-electron chi connectivity index (χ2n) is 4.54. The van der Waals surface area contributed by atoms with Gasteiger partial charge in [0.25, 0.3) is 5.91 Å². The molecule has 0 atom stereocenters. The number of carbonyl (C=O) groups is 1. The van der Waals surface area contributed by atoms with Crippen LogP contribution in [0.3, 0.4) is 0 Å². The monoisotopic (exact) mass is 398 g/mol. The van der Waals surface area contributed by atoms with E-state index in [1.54, 1.807) is 6.07 Å². The molecule has 0 radical (unpaired) electrons. The standard InChI is InChI=1S/C15H9BrF2N2O2S/c16-10-5-8(17)2-4-12(10)22-7-14(21)20-15-19-11-3-1-9(18)6-13(11)23-15/h1-6H,7H2,(H,19,20,21). The second-order valence-corrected chi connectivity index (χ2v) is 6.43. The molecule has 0 aliphatic carbocycles. The highest BCUT2D eigenvalue weighted by Crippen LogP contribution is 2.27. The van der Waals surface area contributed by atoms with Crippen LogP contribution in [0.5, 0.6) is 5.75 Å². The van der Waals surface area contributed by atoms with Gasteiger partial charge < -0.3 is 4.74 Å². The van der Waals surface area contributed by atoms with Gasteiger partial charge in [0.15, 0.2) is 11.7 Å². The summed E-state index contributed by atoms with van der Waals surface area (Å²) in [5.74, 6) is -0.826. The average molecular weight is 399 g/mol. The van der Waals surface area contributed by atoms with Gasteiger partial charge in [0.05, 0.1) is 14.7 Å². The van der Waals surface area contributed by atoms with Crippen LogP contribution in [0, 0.1) is 11.6 Å². The molecule has 118 valence electrons. The van der Waals surface area contributed by atoms with Gasteiger partial charge in [-0.1, -0.05) is 11.3 Å². The zero-order chi connectivity index (χ0) is 16.4. The van der Waals surface area contributed by atoms with Crippen molar-refractivity contribution in [1.82, 2.24) is 4.98 Å². The second kappa shape index (κ2) is 6.59. The van der Waals surface area contributed by atoms with Gasteiger partial charge in [-0.05, 0) is 52.3 Å². The molecular formula is C15H9BrF2N2O2S. The Kier molecular flexibility index (Phi) is 4.53. The molecule has 23 heavy (non-hydrogen) atoms. The first kappa shape index (κ1) is 15.8. The molecular weight excluding hydrogens is 390 g/mol. The minimum atomic E-state index is -0.416. The predicted octanol–water partition coefficient (Wildman–Crippen LogP) is 4.35. The summed E-state index contributed by atoms with van der Waals surface area (Å²) in [6, 6.07) is 8.11. The van der Waals surface area contributed by atoms with E-state index in [1.165, 1.54) is 41.7 Å². The molecule has 8 heteroatoms. The summed E-state index contributed by atoms with van der Waals surface area (Å²) in [6.45, 7) is -0.255. The third-order valence-corrected chi connectivity index (χ3v) is 4.40. The number of thiazole rings is 1. The average Bonchev–Trinajstić information content (AvgIpc) is 2.87. The number of nitrogens with one attached hydrogen (secondary N) is 1. The fourth-order valence-electron chi connectivity index (χ4n) is 1.84. The lowest BCUT2D eigenvalue weighted by Crippen LogP contribution is -2.20. The fraction of sp³-hybridized carbons (Fsp3) is 0.0667. The number of aromatic nitrogens is 1. The zero-order valence-electron chi connectivity index (χ0n) is 11.5. The van der Waals surface area contributed by atoms with Crippen LogP contribution in [0.15, 0.2) is 40.9 Å². The lowest BCUT2D eigenvalue weighted by molar-refractivity contribution is -0.118. The largest absolute Gasteiger partial charge is 0.483 e. The van der Waals surface area contributed by atoms with E-state index in [1.807, 2.05) is 0 Å². The Morgan fingerprint density at radius 1 is 1.22 bits per heavy atom. The molecule has 1 heterocycles. The molecule has 3 rings (SSSR count). The third kappa shape index (κ3) is 3.83. The molecule has 0 aliphatic heterocycles. The first-order chi connectivity index (χ1) is 11.0. The summed E-state index contributed by atoms with van der Waals surface area (Å²) >= 11 is 4.32. The van der Waals surface area contributed by atoms with E-state index in [2.05, 4.69) is 26.2 Å². The number of hydrogen-bond acceptors (Lipinski definition) is 4. The third-order valence-electron chi connectivity index (χ3n) is 2.85. The molecule has 0 spiro atoms. The van der Waals surface area contributed by atoms with Crippen molar-refractivity contribution in [2.45, 2.75) is 0 Å². The van der Waals surface area contributed by atoms with E-state index in [0.717, 1.165) is 0 Å². The number of halogens is 3. The van der Waals surface area contributed by atoms with Crippen LogP contribution in [0.25, 0.3) is 10.2 Å². The highest BCUT2D eigenvalue weighted by atomic mass is 79.9. The van der Waals surface area contributed by atoms with Gasteiger partial charge in [-0.15, -0.1) is 0 Å². The van der Waals surface area contributed by atoms with E-state index in [0.29, 0.717) is 25.6 Å². The normalized spacial score (nSPS) is 10.7. The first-order valence-corrected chi connectivity index (χ1v) is 8.06. The number of carbonyl (C=O) groups excluding carboxylic acids is 1. The minimum absolute atomic E-state index is 0.255. The first-order valence-electron chi connectivity index (χ1n) is 6.45. The van der Waals surface area contributed by atoms with Crippen LogP contribution in [0.2, 0.25) is 0 Å². The van der Waals surface area contributed by atoms with Gasteiger partial charge >= 0.3 is 0 Å². The van der Waals surface area contributed by atoms with Crippen LogP contribution < -0.4 is 10.1 Å². The maximum atomic E-state index is 13.1. The molecule has 1 aromatic heterocycles. The van der Waals surface area contributed by atoms with Gasteiger partial charge in [-0.25, -0.2) is 13.8 Å². The van der Waals surface area contributed by atoms with Crippen molar-refractivity contribution in [3.05, 3.63) is 52.5 Å². The number of rotatable bonds is 4. The van der Waals surface area contributed by atoms with E-state index >= 15 is 0 Å². The van der Waals surface area contributed by atoms with Gasteiger partial charge in [-0.2, -0.15) is 0 Å². The Morgan fingerprint density at radius 3 is 2.74 bits per heavy atom. The summed E-state index contributed by atoms with van der Waals surface area (Å²) in [7, 11) is 0. The van der Waals surface area contributed by atoms with Crippen molar-refractivity contribution in [2.24, 2.45) is 0 Å². The molecule has 0 unspecified atom stereocenters. The summed E-state index contributed by atoms with van der Waals surface area (Å²) in [4.78, 5) is 16.1. The topological polar surface area (TPSA) is 51.2 Å². The zero-order valence-corrected chi connectivity index (χ0v) is 13.9. The van der Waals surface area contributed by atoms with E-state index in [9.17, 15) is 13.6 Å². The van der Waals surface area contributed by atoms with Crippen LogP contribution in [0.1, 0.15) is 0 Å². The predicted molar refractivity (Wildman–Crippen MR) is 87.8 cm³/mol. The van der Waals surface area contributed by atoms with Crippen molar-refractivity contribution in [3.63, 3.8) is 0 Å². The summed E-state index contributed by atoms with van der Waals surface area (Å²) in [5.41, 5.74) is 0.605. The van der Waals surface area contributed by atoms with E-state index < -0.39 is 11.7 Å². The molecule has 2 aromatic carbocycles. The summed E-state index contributed by atoms with van der Waals surface area (Å²) in [6.07, 6.45) is 0. The Bertz CT molecular complexity index is 885. The van der Waals surface area contributed by atoms with Crippen molar-refractivity contribution in [2.75, 3.05) is 11.9 Å². The quantitative estimate of drug-likeness (QED) is 0.710. The smallest absolute Gasteiger partial charge is 0.264 e. The molecule has 0 bridgehead atoms. The highest BCUT2D eigenvalue weighted by molar-refractivity contribution is 9.10. The SMILES string of the molecule is O=C(COc1ccc(F)cc1Br)Nc1nc2ccc(F)cc2s1. The summed E-state index contributed by atoms with van der Waals surface area (Å²) in [5, 5.41) is 2.94. The van der Waals surface area contributed by atoms with Crippen molar-refractivity contribution < 1.29 is 18.3 Å². The molecule has 1 N–H and O–H groups in total. The van der Waals surface area contributed by atoms with Crippen molar-refractivity contribution in [1.29, 1.82) is 0 Å². The molecule has 1 amide bonds. The number of fused-ring (bicyclic) bond motifs is 1. The van der Waals surface area contributed by atoms with Crippen LogP contribution in [0.4, 0.5) is 13.9 Å². The maximum Gasteiger partial charge on any atom is 0.264 e. The fourth-order valence-corrected chi connectivity index (χ4v) is 3.22. The molecule has 0 fully saturated rings. The number of amides is 1. The number of anilines is 1. The maximum absolute atomic E-state index is 13.1. The minimum Gasteiger partial charge on any atom is -0.483 e. The molecule has 0 saturated heterocycles. The highest BCUT2D eigenvalue weighted by Gasteiger charge is 2.10. The van der Waals surface area contributed by atoms with E-state index in [-0.39, 0.29) is 12.4 Å². The lowest BCUT2D eigenvalue weighted by Gasteiger charge is -2.07. The Balaban J connectivity index is 1.64. The summed E-state index contributed by atoms with van der Waals surface area (Å²) < 4.78 is 32.5. The number of ether oxygens (including phenoxy) is 1. The van der Waals surface area contributed by atoms with Crippen LogP contribution in [-0.2, 0) is 4.79 Å². The number of hydrogen-bond donors (Lipinski definition) is 1. The van der Waals surface area contributed by atoms with Crippen LogP contribution >= 0.6 is 27.3 Å². The van der Waals surface area contributed by atoms with Crippen molar-refractivity contribution in [3.8, 4) is 5.75 Å². The van der Waals surface area contributed by atoms with Gasteiger partial charge in [-0.3, -0.25) is 10.1 Å². The van der Waals surface area contributed by atoms with Gasteiger partial charge in [0.2, 0.25) is 0 Å². The Hall–Kier alpha value is -2.06. The van der Waals surface area contributed by atoms with Crippen molar-refractivity contribution >= 4 is 48.5 Å². The van der Waals surface area contributed by atoms with E-state index in [4.69, 9.17) is 4.74 Å². The van der Waals surface area contributed by atoms with Gasteiger partial charge in [0.1, 0.15) is 17.4 Å². The molecule has 0 saturated carbocycles. The van der Waals surface area contributed by atoms with Crippen LogP contribution in [-0.4, -0.2) is 17.5 Å². The Labute approximate surface area is 142 Å². The molecule has 4 nitrogen and oxygen atoms in total. The van der Waals surface area contributed by atoms with Gasteiger partial charge in [0, 0.05) is 0 Å². The lowest BCUT2D eigenvalue weighted by atomic mass is 10.3. The number of benzene rings is 2. The Morgan fingerprint density at radius 2 is 1.96 bits per heavy atom. The molecule has 3 aromatic rings. The number of nitrogens with zero attached hydrogens (tertiary/aromatic N) is 1.